The van der Waals surface area contributed by atoms with Crippen LogP contribution in [0.3, 0.4) is 0 Å². The number of rotatable bonds is 7. The molecule has 14 rings (SSSR count). The van der Waals surface area contributed by atoms with E-state index in [4.69, 9.17) is 15.0 Å². The summed E-state index contributed by atoms with van der Waals surface area (Å²) in [6, 6.07) is 84.3. The van der Waals surface area contributed by atoms with Crippen LogP contribution in [0.2, 0.25) is 0 Å². The third-order valence-electron chi connectivity index (χ3n) is 13.6. The number of fused-ring (bicyclic) bond motifs is 11. The monoisotopic (exact) mass is 897 g/mol. The standard InChI is InChI=1S/C63H39N5S/c1-4-17-40(18-5-1)43-23-14-26-46(37-43)61-64-62(47-27-15-24-44(38-47)41-19-6-2-7-20-41)66-63(65-61)68-56-32-13-11-30-50(56)52-34-36-54-53-35-33-51-49-29-10-12-31-55(49)67(57(51)59(53)69-60(54)58(52)68)48-28-16-25-45(39-48)42-21-8-3-9-22-42/h1-39H. The predicted octanol–water partition coefficient (Wildman–Crippen LogP) is 16.8. The van der Waals surface area contributed by atoms with Gasteiger partial charge in [-0.2, -0.15) is 9.97 Å². The number of thiophene rings is 1. The minimum Gasteiger partial charge on any atom is -0.308 e. The maximum absolute atomic E-state index is 5.45. The first kappa shape index (κ1) is 39.2. The summed E-state index contributed by atoms with van der Waals surface area (Å²) in [5.41, 5.74) is 14.3. The Hall–Kier alpha value is -8.97. The van der Waals surface area contributed by atoms with E-state index in [1.54, 1.807) is 0 Å². The number of nitrogens with zero attached hydrogens (tertiary/aromatic N) is 5. The van der Waals surface area contributed by atoms with Crippen molar-refractivity contribution in [1.29, 1.82) is 0 Å². The van der Waals surface area contributed by atoms with Crippen molar-refractivity contribution in [1.82, 2.24) is 24.1 Å². The lowest BCUT2D eigenvalue weighted by molar-refractivity contribution is 0.955. The molecular formula is C63H39N5S. The molecule has 0 fully saturated rings. The Balaban J connectivity index is 1.05. The number of para-hydroxylation sites is 2. The third-order valence-corrected chi connectivity index (χ3v) is 14.8. The SMILES string of the molecule is c1ccc(-c2cccc(-c3nc(-c4cccc(-c5ccccc5)c4)nc(-n4c5ccccc5c5ccc6c7ccc8c9ccccc9n(-c9cccc(-c%10ccccc%10)c9)c8c7sc6c54)n3)c2)cc1. The molecular weight excluding hydrogens is 859 g/mol. The largest absolute Gasteiger partial charge is 0.308 e. The molecule has 69 heavy (non-hydrogen) atoms. The summed E-state index contributed by atoms with van der Waals surface area (Å²) in [6.45, 7) is 0. The lowest BCUT2D eigenvalue weighted by Crippen LogP contribution is -2.06. The summed E-state index contributed by atoms with van der Waals surface area (Å²) < 4.78 is 7.18. The maximum Gasteiger partial charge on any atom is 0.238 e. The second-order valence-electron chi connectivity index (χ2n) is 17.6. The van der Waals surface area contributed by atoms with Gasteiger partial charge in [-0.15, -0.1) is 11.3 Å². The van der Waals surface area contributed by atoms with Crippen LogP contribution in [-0.2, 0) is 0 Å². The van der Waals surface area contributed by atoms with Gasteiger partial charge < -0.3 is 4.57 Å². The van der Waals surface area contributed by atoms with E-state index < -0.39 is 0 Å². The second kappa shape index (κ2) is 15.8. The zero-order chi connectivity index (χ0) is 45.4. The highest BCUT2D eigenvalue weighted by atomic mass is 32.1. The molecule has 5 nitrogen and oxygen atoms in total. The van der Waals surface area contributed by atoms with Crippen molar-refractivity contribution >= 4 is 75.1 Å². The molecule has 0 saturated carbocycles. The van der Waals surface area contributed by atoms with Gasteiger partial charge >= 0.3 is 0 Å². The van der Waals surface area contributed by atoms with Crippen molar-refractivity contribution in [2.24, 2.45) is 0 Å². The molecule has 322 valence electrons. The minimum atomic E-state index is 0.568. The van der Waals surface area contributed by atoms with Gasteiger partial charge in [0.05, 0.1) is 31.5 Å². The summed E-state index contributed by atoms with van der Waals surface area (Å²) >= 11 is 1.86. The molecule has 0 saturated heterocycles. The molecule has 0 aliphatic heterocycles. The van der Waals surface area contributed by atoms with Crippen LogP contribution in [0, 0.1) is 0 Å². The first-order valence-electron chi connectivity index (χ1n) is 23.3. The van der Waals surface area contributed by atoms with Gasteiger partial charge in [0, 0.05) is 49.1 Å². The molecule has 0 aliphatic carbocycles. The van der Waals surface area contributed by atoms with Crippen LogP contribution in [0.1, 0.15) is 0 Å². The second-order valence-corrected chi connectivity index (χ2v) is 18.6. The van der Waals surface area contributed by atoms with Crippen molar-refractivity contribution in [3.63, 3.8) is 0 Å². The van der Waals surface area contributed by atoms with Crippen LogP contribution in [0.5, 0.6) is 0 Å². The molecule has 4 aromatic heterocycles. The predicted molar refractivity (Wildman–Crippen MR) is 289 cm³/mol. The lowest BCUT2D eigenvalue weighted by Gasteiger charge is -2.12. The van der Waals surface area contributed by atoms with Gasteiger partial charge in [-0.1, -0.05) is 200 Å². The average molecular weight is 898 g/mol. The Morgan fingerprint density at radius 2 is 0.667 bits per heavy atom. The Kier molecular flexibility index (Phi) is 9.00. The molecule has 0 spiro atoms. The molecule has 14 aromatic rings. The highest BCUT2D eigenvalue weighted by molar-refractivity contribution is 7.27. The maximum atomic E-state index is 5.45. The minimum absolute atomic E-state index is 0.568. The van der Waals surface area contributed by atoms with E-state index in [1.807, 2.05) is 23.5 Å². The normalized spacial score (nSPS) is 11.8. The van der Waals surface area contributed by atoms with Crippen molar-refractivity contribution in [2.45, 2.75) is 0 Å². The van der Waals surface area contributed by atoms with Crippen molar-refractivity contribution < 1.29 is 0 Å². The summed E-state index contributed by atoms with van der Waals surface area (Å²) in [5, 5.41) is 7.17. The lowest BCUT2D eigenvalue weighted by atomic mass is 10.0. The van der Waals surface area contributed by atoms with Gasteiger partial charge in [0.25, 0.3) is 0 Å². The average Bonchev–Trinajstić information content (AvgIpc) is 4.10. The van der Waals surface area contributed by atoms with Gasteiger partial charge in [-0.05, 0) is 69.8 Å². The molecule has 6 heteroatoms. The number of benzene rings is 10. The highest BCUT2D eigenvalue weighted by Gasteiger charge is 2.24. The molecule has 0 amide bonds. The van der Waals surface area contributed by atoms with Crippen molar-refractivity contribution in [3.8, 4) is 67.8 Å². The summed E-state index contributed by atoms with van der Waals surface area (Å²) in [4.78, 5) is 16.2. The molecule has 0 aliphatic rings. The quantitative estimate of drug-likeness (QED) is 0.160. The summed E-state index contributed by atoms with van der Waals surface area (Å²) in [7, 11) is 0. The zero-order valence-electron chi connectivity index (χ0n) is 37.2. The molecule has 0 unspecified atom stereocenters. The fourth-order valence-electron chi connectivity index (χ4n) is 10.4. The van der Waals surface area contributed by atoms with Crippen molar-refractivity contribution in [3.05, 3.63) is 237 Å². The van der Waals surface area contributed by atoms with E-state index in [1.165, 1.54) is 53.1 Å². The van der Waals surface area contributed by atoms with Gasteiger partial charge in [-0.25, -0.2) is 4.98 Å². The Bertz CT molecular complexity index is 4200. The van der Waals surface area contributed by atoms with Crippen LogP contribution in [0.4, 0.5) is 0 Å². The summed E-state index contributed by atoms with van der Waals surface area (Å²) in [5.74, 6) is 1.78. The fraction of sp³-hybridized carbons (Fsp3) is 0. The number of hydrogen-bond acceptors (Lipinski definition) is 4. The van der Waals surface area contributed by atoms with Crippen molar-refractivity contribution in [2.75, 3.05) is 0 Å². The van der Waals surface area contributed by atoms with E-state index in [9.17, 15) is 0 Å². The smallest absolute Gasteiger partial charge is 0.238 e. The van der Waals surface area contributed by atoms with Gasteiger partial charge in [0.1, 0.15) is 0 Å². The fourth-order valence-corrected chi connectivity index (χ4v) is 11.8. The zero-order valence-corrected chi connectivity index (χ0v) is 38.0. The highest BCUT2D eigenvalue weighted by Crippen LogP contribution is 2.47. The molecule has 0 N–H and O–H groups in total. The molecule has 0 atom stereocenters. The number of aromatic nitrogens is 5. The molecule has 0 bridgehead atoms. The Labute approximate surface area is 401 Å². The van der Waals surface area contributed by atoms with Crippen LogP contribution in [0.15, 0.2) is 237 Å². The topological polar surface area (TPSA) is 48.5 Å². The molecule has 10 aromatic carbocycles. The molecule has 0 radical (unpaired) electrons. The van der Waals surface area contributed by atoms with Gasteiger partial charge in [0.15, 0.2) is 11.6 Å². The summed E-state index contributed by atoms with van der Waals surface area (Å²) in [6.07, 6.45) is 0. The van der Waals surface area contributed by atoms with E-state index in [-0.39, 0.29) is 0 Å². The van der Waals surface area contributed by atoms with Crippen LogP contribution in [-0.4, -0.2) is 24.1 Å². The van der Waals surface area contributed by atoms with Crippen LogP contribution in [0.25, 0.3) is 132 Å². The number of hydrogen-bond donors (Lipinski definition) is 0. The molecule has 4 heterocycles. The van der Waals surface area contributed by atoms with Gasteiger partial charge in [-0.3, -0.25) is 4.57 Å². The first-order chi connectivity index (χ1) is 34.2. The van der Waals surface area contributed by atoms with E-state index in [0.717, 1.165) is 60.9 Å². The van der Waals surface area contributed by atoms with Crippen LogP contribution >= 0.6 is 11.3 Å². The van der Waals surface area contributed by atoms with E-state index in [0.29, 0.717) is 17.6 Å². The van der Waals surface area contributed by atoms with Crippen LogP contribution < -0.4 is 0 Å². The van der Waals surface area contributed by atoms with E-state index >= 15 is 0 Å². The third kappa shape index (κ3) is 6.41. The van der Waals surface area contributed by atoms with E-state index in [2.05, 4.69) is 234 Å². The Morgan fingerprint density at radius 3 is 1.19 bits per heavy atom. The Morgan fingerprint density at radius 1 is 0.275 bits per heavy atom. The first-order valence-corrected chi connectivity index (χ1v) is 24.1. The van der Waals surface area contributed by atoms with Gasteiger partial charge in [0.2, 0.25) is 5.95 Å².